The molecule has 29 heavy (non-hydrogen) atoms. The zero-order valence-electron chi connectivity index (χ0n) is 16.3. The average molecular weight is 393 g/mol. The molecule has 0 saturated carbocycles. The van der Waals surface area contributed by atoms with Gasteiger partial charge in [0.25, 0.3) is 5.91 Å². The molecule has 0 radical (unpaired) electrons. The first-order chi connectivity index (χ1) is 13.9. The Labute approximate surface area is 168 Å². The summed E-state index contributed by atoms with van der Waals surface area (Å²) in [5.41, 5.74) is 2.10. The van der Waals surface area contributed by atoms with Crippen molar-refractivity contribution in [3.63, 3.8) is 0 Å². The van der Waals surface area contributed by atoms with E-state index in [-0.39, 0.29) is 29.7 Å². The fraction of sp³-hybridized carbons (Fsp3) is 0.227. The molecule has 1 fully saturated rings. The van der Waals surface area contributed by atoms with Crippen LogP contribution in [0.3, 0.4) is 0 Å². The molecule has 2 amide bonds. The second-order valence-electron chi connectivity index (χ2n) is 6.75. The van der Waals surface area contributed by atoms with E-state index in [1.54, 1.807) is 44.3 Å². The molecule has 6 nitrogen and oxygen atoms in total. The fourth-order valence-corrected chi connectivity index (χ4v) is 3.39. The van der Waals surface area contributed by atoms with Gasteiger partial charge in [-0.05, 0) is 42.3 Å². The van der Waals surface area contributed by atoms with Crippen LogP contribution in [0.1, 0.15) is 23.6 Å². The maximum absolute atomic E-state index is 13.1. The fourth-order valence-electron chi connectivity index (χ4n) is 3.39. The second kappa shape index (κ2) is 8.15. The number of amides is 2. The number of allylic oxidation sites excluding steroid dienone is 1. The van der Waals surface area contributed by atoms with E-state index in [1.807, 2.05) is 0 Å². The molecule has 7 heteroatoms. The summed E-state index contributed by atoms with van der Waals surface area (Å²) in [6.07, 6.45) is 0.263. The zero-order valence-corrected chi connectivity index (χ0v) is 16.3. The summed E-state index contributed by atoms with van der Waals surface area (Å²) >= 11 is 0. The highest BCUT2D eigenvalue weighted by molar-refractivity contribution is 6.09. The molecule has 1 atom stereocenters. The summed E-state index contributed by atoms with van der Waals surface area (Å²) in [5.74, 6) is -0.646. The Balaban J connectivity index is 1.97. The summed E-state index contributed by atoms with van der Waals surface area (Å²) in [6.45, 7) is 1.67. The molecule has 148 valence electrons. The monoisotopic (exact) mass is 393 g/mol. The molecule has 1 N–H and O–H groups in total. The molecule has 1 unspecified atom stereocenters. The second-order valence-corrected chi connectivity index (χ2v) is 6.75. The predicted molar refractivity (Wildman–Crippen MR) is 105 cm³/mol. The maximum Gasteiger partial charge on any atom is 0.271 e. The highest BCUT2D eigenvalue weighted by Gasteiger charge is 2.36. The predicted octanol–water partition coefficient (Wildman–Crippen LogP) is 2.64. The van der Waals surface area contributed by atoms with E-state index < -0.39 is 6.04 Å². The van der Waals surface area contributed by atoms with Gasteiger partial charge < -0.3 is 15.0 Å². The number of methoxy groups -OCH3 is 1. The summed E-state index contributed by atoms with van der Waals surface area (Å²) in [4.78, 5) is 27.1. The van der Waals surface area contributed by atoms with Gasteiger partial charge >= 0.3 is 0 Å². The Morgan fingerprint density at radius 1 is 1.24 bits per heavy atom. The van der Waals surface area contributed by atoms with Crippen molar-refractivity contribution in [2.24, 2.45) is 0 Å². The lowest BCUT2D eigenvalue weighted by Crippen LogP contribution is -2.56. The molecule has 1 aliphatic rings. The van der Waals surface area contributed by atoms with Gasteiger partial charge in [0.1, 0.15) is 23.3 Å². The van der Waals surface area contributed by atoms with Crippen molar-refractivity contribution in [2.45, 2.75) is 19.4 Å². The molecule has 1 saturated heterocycles. The number of rotatable bonds is 4. The number of carbonyl (C=O) groups excluding carboxylic acids is 2. The van der Waals surface area contributed by atoms with E-state index in [1.165, 1.54) is 24.1 Å². The number of likely N-dealkylation sites (N-methyl/N-ethyl adjacent to an activating group) is 1. The van der Waals surface area contributed by atoms with Gasteiger partial charge in [-0.2, -0.15) is 5.26 Å². The van der Waals surface area contributed by atoms with Gasteiger partial charge in [0.2, 0.25) is 5.91 Å². The number of carbonyl (C=O) groups is 2. The molecule has 1 aliphatic heterocycles. The number of nitrogens with one attached hydrogen (secondary N) is 1. The molecular formula is C22H20FN3O3. The van der Waals surface area contributed by atoms with Gasteiger partial charge in [-0.1, -0.05) is 18.2 Å². The number of ether oxygens (including phenoxy) is 1. The topological polar surface area (TPSA) is 82.4 Å². The van der Waals surface area contributed by atoms with Crippen molar-refractivity contribution in [2.75, 3.05) is 14.2 Å². The first-order valence-electron chi connectivity index (χ1n) is 8.98. The minimum absolute atomic E-state index is 0.105. The standard InChI is InChI=1S/C22H20FN3O3/c1-13(19-15(12-24)5-4-6-18(19)29-3)20-22(28)26(2)17(21(27)25-20)11-14-7-9-16(23)10-8-14/h4-10,17H,11H2,1-3H3,(H,25,27). The lowest BCUT2D eigenvalue weighted by molar-refractivity contribution is -0.140. The number of benzene rings is 2. The largest absolute Gasteiger partial charge is 0.496 e. The van der Waals surface area contributed by atoms with Crippen LogP contribution in [0.25, 0.3) is 5.57 Å². The molecule has 1 heterocycles. The number of hydrogen-bond donors (Lipinski definition) is 1. The molecule has 0 aliphatic carbocycles. The van der Waals surface area contributed by atoms with Gasteiger partial charge in [-0.25, -0.2) is 4.39 Å². The van der Waals surface area contributed by atoms with Gasteiger partial charge in [-0.3, -0.25) is 9.59 Å². The Hall–Kier alpha value is -3.66. The zero-order chi connectivity index (χ0) is 21.1. The van der Waals surface area contributed by atoms with Gasteiger partial charge in [0.15, 0.2) is 0 Å². The van der Waals surface area contributed by atoms with Crippen LogP contribution in [-0.4, -0.2) is 36.9 Å². The van der Waals surface area contributed by atoms with Crippen molar-refractivity contribution in [3.05, 3.63) is 70.7 Å². The highest BCUT2D eigenvalue weighted by Crippen LogP contribution is 2.32. The molecular weight excluding hydrogens is 373 g/mol. The van der Waals surface area contributed by atoms with Crippen molar-refractivity contribution in [3.8, 4) is 11.8 Å². The number of halogens is 1. The minimum Gasteiger partial charge on any atom is -0.496 e. The average Bonchev–Trinajstić information content (AvgIpc) is 2.73. The van der Waals surface area contributed by atoms with Crippen LogP contribution >= 0.6 is 0 Å². The molecule has 0 spiro atoms. The van der Waals surface area contributed by atoms with E-state index in [0.29, 0.717) is 22.4 Å². The lowest BCUT2D eigenvalue weighted by atomic mass is 9.95. The van der Waals surface area contributed by atoms with Crippen LogP contribution in [-0.2, 0) is 16.0 Å². The number of nitrogens with zero attached hydrogens (tertiary/aromatic N) is 2. The minimum atomic E-state index is -0.724. The maximum atomic E-state index is 13.1. The Morgan fingerprint density at radius 3 is 2.55 bits per heavy atom. The van der Waals surface area contributed by atoms with E-state index in [0.717, 1.165) is 5.56 Å². The smallest absolute Gasteiger partial charge is 0.271 e. The van der Waals surface area contributed by atoms with Crippen LogP contribution in [0.5, 0.6) is 5.75 Å². The quantitative estimate of drug-likeness (QED) is 0.810. The highest BCUT2D eigenvalue weighted by atomic mass is 19.1. The first-order valence-corrected chi connectivity index (χ1v) is 8.98. The number of piperazine rings is 1. The van der Waals surface area contributed by atoms with Gasteiger partial charge in [0.05, 0.1) is 18.7 Å². The Morgan fingerprint density at radius 2 is 1.93 bits per heavy atom. The van der Waals surface area contributed by atoms with Crippen molar-refractivity contribution >= 4 is 17.4 Å². The summed E-state index contributed by atoms with van der Waals surface area (Å²) < 4.78 is 18.5. The number of nitriles is 1. The summed E-state index contributed by atoms with van der Waals surface area (Å²) in [6, 6.07) is 12.2. The number of hydrogen-bond acceptors (Lipinski definition) is 4. The Kier molecular flexibility index (Phi) is 5.64. The molecule has 0 aromatic heterocycles. The normalized spacial score (nSPS) is 18.2. The van der Waals surface area contributed by atoms with Crippen LogP contribution in [0, 0.1) is 17.1 Å². The molecule has 2 aromatic rings. The van der Waals surface area contributed by atoms with Crippen molar-refractivity contribution in [1.82, 2.24) is 10.2 Å². The van der Waals surface area contributed by atoms with E-state index in [9.17, 15) is 19.2 Å². The van der Waals surface area contributed by atoms with Crippen molar-refractivity contribution < 1.29 is 18.7 Å². The van der Waals surface area contributed by atoms with Crippen LogP contribution in [0.2, 0.25) is 0 Å². The third-order valence-electron chi connectivity index (χ3n) is 5.01. The van der Waals surface area contributed by atoms with Crippen molar-refractivity contribution in [1.29, 1.82) is 5.26 Å². The Bertz CT molecular complexity index is 1040. The van der Waals surface area contributed by atoms with Crippen LogP contribution in [0.15, 0.2) is 48.2 Å². The van der Waals surface area contributed by atoms with Crippen LogP contribution < -0.4 is 10.1 Å². The third kappa shape index (κ3) is 3.83. The molecule has 2 aromatic carbocycles. The summed E-state index contributed by atoms with van der Waals surface area (Å²) in [5, 5.41) is 12.1. The van der Waals surface area contributed by atoms with Crippen LogP contribution in [0.4, 0.5) is 4.39 Å². The summed E-state index contributed by atoms with van der Waals surface area (Å²) in [7, 11) is 3.03. The van der Waals surface area contributed by atoms with E-state index in [2.05, 4.69) is 11.4 Å². The van der Waals surface area contributed by atoms with E-state index >= 15 is 0 Å². The third-order valence-corrected chi connectivity index (χ3v) is 5.01. The lowest BCUT2D eigenvalue weighted by Gasteiger charge is -2.34. The molecule has 0 bridgehead atoms. The SMILES string of the molecule is COc1cccc(C#N)c1C(C)=C1NC(=O)C(Cc2ccc(F)cc2)N(C)C1=O. The van der Waals surface area contributed by atoms with Gasteiger partial charge in [-0.15, -0.1) is 0 Å². The molecule has 3 rings (SSSR count). The first kappa shape index (κ1) is 20.1. The van der Waals surface area contributed by atoms with E-state index in [4.69, 9.17) is 4.74 Å². The van der Waals surface area contributed by atoms with Gasteiger partial charge in [0, 0.05) is 19.0 Å².